The van der Waals surface area contributed by atoms with Gasteiger partial charge in [0.2, 0.25) is 5.91 Å². The van der Waals surface area contributed by atoms with Gasteiger partial charge in [0, 0.05) is 57.2 Å². The zero-order valence-electron chi connectivity index (χ0n) is 23.2. The monoisotopic (exact) mass is 554 g/mol. The first-order chi connectivity index (χ1) is 20.1. The van der Waals surface area contributed by atoms with Gasteiger partial charge >= 0.3 is 7.62 Å². The van der Waals surface area contributed by atoms with Crippen LogP contribution >= 0.6 is 0 Å². The molecule has 1 N–H and O–H groups in total. The minimum absolute atomic E-state index is 0.0647. The van der Waals surface area contributed by atoms with Crippen LogP contribution in [0.2, 0.25) is 0 Å². The van der Waals surface area contributed by atoms with Crippen molar-refractivity contribution in [2.75, 3.05) is 38.5 Å². The maximum absolute atomic E-state index is 14.0. The predicted octanol–water partition coefficient (Wildman–Crippen LogP) is 4.30. The van der Waals surface area contributed by atoms with Gasteiger partial charge in [0.15, 0.2) is 5.82 Å². The van der Waals surface area contributed by atoms with Crippen LogP contribution in [0.4, 0.5) is 10.2 Å². The molecule has 1 amide bonds. The minimum atomic E-state index is -0.301. The average Bonchev–Trinajstić information content (AvgIpc) is 3.39. The number of halogens is 1. The molecule has 0 unspecified atom stereocenters. The highest BCUT2D eigenvalue weighted by Gasteiger charge is 2.32. The van der Waals surface area contributed by atoms with Crippen LogP contribution in [-0.4, -0.2) is 76.1 Å². The molecule has 5 heterocycles. The second-order valence-corrected chi connectivity index (χ2v) is 10.8. The summed E-state index contributed by atoms with van der Waals surface area (Å²) in [5, 5.41) is 3.01. The van der Waals surface area contributed by atoms with E-state index < -0.39 is 0 Å². The Morgan fingerprint density at radius 2 is 1.85 bits per heavy atom. The number of nitrogens with one attached hydrogen (secondary N) is 1. The first kappa shape index (κ1) is 27.3. The van der Waals surface area contributed by atoms with Gasteiger partial charge in [-0.2, -0.15) is 0 Å². The molecule has 2 fully saturated rings. The molecule has 1 aromatic carbocycles. The molecule has 3 aromatic heterocycles. The van der Waals surface area contributed by atoms with Gasteiger partial charge < -0.3 is 19.3 Å². The molecule has 0 atom stereocenters. The fourth-order valence-corrected chi connectivity index (χ4v) is 6.09. The van der Waals surface area contributed by atoms with Crippen LogP contribution in [0.15, 0.2) is 60.9 Å². The summed E-state index contributed by atoms with van der Waals surface area (Å²) < 4.78 is 21.2. The third-order valence-corrected chi connectivity index (χ3v) is 8.18. The van der Waals surface area contributed by atoms with E-state index in [1.54, 1.807) is 25.6 Å². The van der Waals surface area contributed by atoms with Crippen LogP contribution in [0, 0.1) is 11.7 Å². The quantitative estimate of drug-likeness (QED) is 0.325. The number of aromatic nitrogens is 4. The Hall–Kier alpha value is -3.83. The van der Waals surface area contributed by atoms with E-state index in [0.717, 1.165) is 68.2 Å². The largest absolute Gasteiger partial charge is 0.437 e. The summed E-state index contributed by atoms with van der Waals surface area (Å²) in [6.45, 7) is 4.03. The number of carbonyl (C=O) groups is 1. The summed E-state index contributed by atoms with van der Waals surface area (Å²) in [5.74, 6) is 1.54. The van der Waals surface area contributed by atoms with Crippen LogP contribution in [0.3, 0.4) is 0 Å². The van der Waals surface area contributed by atoms with Gasteiger partial charge in [0.05, 0.1) is 11.0 Å². The maximum Gasteiger partial charge on any atom is 0.437 e. The lowest BCUT2D eigenvalue weighted by molar-refractivity contribution is -0.138. The number of hydrogen-bond donors (Lipinski definition) is 1. The molecule has 4 aromatic rings. The van der Waals surface area contributed by atoms with Crippen molar-refractivity contribution in [3.8, 4) is 11.5 Å². The van der Waals surface area contributed by atoms with Crippen molar-refractivity contribution in [3.05, 3.63) is 72.3 Å². The van der Waals surface area contributed by atoms with Gasteiger partial charge in [-0.1, -0.05) is 6.07 Å². The lowest BCUT2D eigenvalue weighted by Gasteiger charge is -2.38. The lowest BCUT2D eigenvalue weighted by Crippen LogP contribution is -2.45. The van der Waals surface area contributed by atoms with Crippen molar-refractivity contribution in [1.29, 1.82) is 0 Å². The summed E-state index contributed by atoms with van der Waals surface area (Å²) in [6.07, 6.45) is 6.94. The zero-order valence-corrected chi connectivity index (χ0v) is 23.2. The van der Waals surface area contributed by atoms with Crippen molar-refractivity contribution in [3.63, 3.8) is 0 Å². The van der Waals surface area contributed by atoms with Crippen LogP contribution in [0.5, 0.6) is 0 Å². The molecule has 6 rings (SSSR count). The minimum Gasteiger partial charge on any atom is -0.422 e. The fourth-order valence-electron chi connectivity index (χ4n) is 6.09. The first-order valence-electron chi connectivity index (χ1n) is 14.2. The lowest BCUT2D eigenvalue weighted by atomic mass is 9.93. The van der Waals surface area contributed by atoms with E-state index in [-0.39, 0.29) is 23.7 Å². The SMILES string of the molecule is CO[B]Nc1cc(CN2CCC(C(=O)N3CCC(n4c(-c5ccccn5)nc5cc(F)ccc54)CC3)CC2)ccn1. The summed E-state index contributed by atoms with van der Waals surface area (Å²) in [6, 6.07) is 14.7. The highest BCUT2D eigenvalue weighted by atomic mass is 19.1. The molecule has 211 valence electrons. The molecular formula is C30H34BFN7O2. The standard InChI is InChI=1S/C30H34BFN7O2/c1-41-31-36-28-18-21(7-13-34-28)20-37-14-8-22(9-15-37)30(40)38-16-10-24(11-17-38)39-27-6-5-23(32)19-26(27)35-29(39)25-4-2-3-12-33-25/h2-7,12-13,18-19,22,24H,8-11,14-17,20H2,1H3,(H,34,36). The van der Waals surface area contributed by atoms with E-state index in [2.05, 4.69) is 24.7 Å². The summed E-state index contributed by atoms with van der Waals surface area (Å²) in [4.78, 5) is 31.5. The molecule has 1 radical (unpaired) electrons. The molecule has 9 nitrogen and oxygen atoms in total. The normalized spacial score (nSPS) is 17.2. The van der Waals surface area contributed by atoms with E-state index in [1.807, 2.05) is 35.2 Å². The molecule has 2 aliphatic heterocycles. The molecule has 0 bridgehead atoms. The molecule has 0 spiro atoms. The topological polar surface area (TPSA) is 88.4 Å². The predicted molar refractivity (Wildman–Crippen MR) is 156 cm³/mol. The summed E-state index contributed by atoms with van der Waals surface area (Å²) in [7, 11) is 3.10. The number of amides is 1. The number of fused-ring (bicyclic) bond motifs is 1. The van der Waals surface area contributed by atoms with Gasteiger partial charge in [-0.05, 0) is 80.7 Å². The maximum atomic E-state index is 14.0. The van der Waals surface area contributed by atoms with Crippen LogP contribution in [-0.2, 0) is 16.0 Å². The molecule has 2 saturated heterocycles. The Kier molecular flexibility index (Phi) is 8.25. The highest BCUT2D eigenvalue weighted by Crippen LogP contribution is 2.34. The number of pyridine rings is 2. The van der Waals surface area contributed by atoms with Crippen LogP contribution in [0.25, 0.3) is 22.6 Å². The van der Waals surface area contributed by atoms with Crippen LogP contribution < -0.4 is 5.23 Å². The molecule has 11 heteroatoms. The van der Waals surface area contributed by atoms with Crippen molar-refractivity contribution in [2.45, 2.75) is 38.3 Å². The number of nitrogens with zero attached hydrogens (tertiary/aromatic N) is 6. The van der Waals surface area contributed by atoms with E-state index in [4.69, 9.17) is 9.64 Å². The number of carbonyl (C=O) groups excluding carboxylic acids is 1. The van der Waals surface area contributed by atoms with Crippen molar-refractivity contribution in [1.82, 2.24) is 29.3 Å². The Morgan fingerprint density at radius 3 is 2.61 bits per heavy atom. The molecule has 41 heavy (non-hydrogen) atoms. The zero-order chi connectivity index (χ0) is 28.2. The van der Waals surface area contributed by atoms with Crippen molar-refractivity contribution >= 4 is 30.4 Å². The number of imidazole rings is 1. The second-order valence-electron chi connectivity index (χ2n) is 10.8. The summed E-state index contributed by atoms with van der Waals surface area (Å²) >= 11 is 0. The number of benzene rings is 1. The van der Waals surface area contributed by atoms with E-state index in [9.17, 15) is 9.18 Å². The van der Waals surface area contributed by atoms with Crippen molar-refractivity contribution in [2.24, 2.45) is 5.92 Å². The Bertz CT molecular complexity index is 1480. The van der Waals surface area contributed by atoms with Gasteiger partial charge in [0.1, 0.15) is 17.3 Å². The second kappa shape index (κ2) is 12.4. The number of rotatable bonds is 8. The molecule has 0 saturated carbocycles. The van der Waals surface area contributed by atoms with Crippen LogP contribution in [0.1, 0.15) is 37.3 Å². The Morgan fingerprint density at radius 1 is 1.02 bits per heavy atom. The van der Waals surface area contributed by atoms with Gasteiger partial charge in [0.25, 0.3) is 0 Å². The summed E-state index contributed by atoms with van der Waals surface area (Å²) in [5.41, 5.74) is 3.47. The fraction of sp³-hybridized carbons (Fsp3) is 0.400. The van der Waals surface area contributed by atoms with Gasteiger partial charge in [-0.3, -0.25) is 14.7 Å². The third kappa shape index (κ3) is 6.11. The number of anilines is 1. The third-order valence-electron chi connectivity index (χ3n) is 8.18. The molecule has 2 aliphatic rings. The number of piperidine rings is 2. The van der Waals surface area contributed by atoms with Crippen molar-refractivity contribution < 1.29 is 13.8 Å². The Labute approximate surface area is 240 Å². The Balaban J connectivity index is 1.07. The average molecular weight is 554 g/mol. The highest BCUT2D eigenvalue weighted by molar-refractivity contribution is 6.32. The molecule has 0 aliphatic carbocycles. The van der Waals surface area contributed by atoms with Gasteiger partial charge in [-0.25, -0.2) is 14.4 Å². The van der Waals surface area contributed by atoms with E-state index in [1.165, 1.54) is 25.3 Å². The van der Waals surface area contributed by atoms with E-state index in [0.29, 0.717) is 18.6 Å². The number of likely N-dealkylation sites (tertiary alicyclic amines) is 2. The van der Waals surface area contributed by atoms with Gasteiger partial charge in [-0.15, -0.1) is 0 Å². The smallest absolute Gasteiger partial charge is 0.422 e. The first-order valence-corrected chi connectivity index (χ1v) is 14.2. The number of hydrogen-bond acceptors (Lipinski definition) is 7. The van der Waals surface area contributed by atoms with E-state index >= 15 is 0 Å². The molecular weight excluding hydrogens is 520 g/mol.